The first kappa shape index (κ1) is 24.8. The van der Waals surface area contributed by atoms with Crippen molar-refractivity contribution >= 4 is 22.9 Å². The Balaban J connectivity index is 1.36. The van der Waals surface area contributed by atoms with E-state index in [0.29, 0.717) is 22.9 Å². The molecule has 0 atom stereocenters. The van der Waals surface area contributed by atoms with Crippen LogP contribution < -0.4 is 10.2 Å². The fraction of sp³-hybridized carbons (Fsp3) is 0.560. The molecule has 11 heteroatoms. The van der Waals surface area contributed by atoms with Gasteiger partial charge in [-0.05, 0) is 44.4 Å². The molecular formula is C25H32F3N7O. The molecule has 36 heavy (non-hydrogen) atoms. The number of benzene rings is 1. The number of halogens is 3. The van der Waals surface area contributed by atoms with Crippen LogP contribution in [0.1, 0.15) is 43.9 Å². The van der Waals surface area contributed by atoms with Crippen LogP contribution in [0.3, 0.4) is 0 Å². The van der Waals surface area contributed by atoms with Gasteiger partial charge in [-0.15, -0.1) is 0 Å². The number of hydrogen-bond acceptors (Lipinski definition) is 7. The Morgan fingerprint density at radius 1 is 1.08 bits per heavy atom. The third kappa shape index (κ3) is 5.12. The largest absolute Gasteiger partial charge is 0.416 e. The second-order valence-corrected chi connectivity index (χ2v) is 9.69. The molecule has 2 saturated heterocycles. The minimum absolute atomic E-state index is 0.133. The van der Waals surface area contributed by atoms with Gasteiger partial charge in [-0.25, -0.2) is 15.0 Å². The highest BCUT2D eigenvalue weighted by Gasteiger charge is 2.31. The van der Waals surface area contributed by atoms with Crippen LogP contribution in [-0.4, -0.2) is 69.9 Å². The summed E-state index contributed by atoms with van der Waals surface area (Å²) in [4.78, 5) is 18.7. The number of nitrogens with one attached hydrogen (secondary N) is 1. The van der Waals surface area contributed by atoms with E-state index < -0.39 is 11.7 Å². The molecule has 8 nitrogen and oxygen atoms in total. The molecule has 4 heterocycles. The van der Waals surface area contributed by atoms with Crippen LogP contribution in [-0.2, 0) is 17.5 Å². The van der Waals surface area contributed by atoms with Gasteiger partial charge in [0.05, 0.1) is 18.8 Å². The number of hydrogen-bond donors (Lipinski definition) is 1. The van der Waals surface area contributed by atoms with Gasteiger partial charge in [-0.3, -0.25) is 9.47 Å². The highest BCUT2D eigenvalue weighted by Crippen LogP contribution is 2.32. The normalized spacial score (nSPS) is 18.3. The molecule has 2 aromatic heterocycles. The quantitative estimate of drug-likeness (QED) is 0.537. The molecule has 1 aromatic carbocycles. The van der Waals surface area contributed by atoms with E-state index >= 15 is 0 Å². The zero-order valence-electron chi connectivity index (χ0n) is 20.6. The van der Waals surface area contributed by atoms with E-state index in [4.69, 9.17) is 9.72 Å². The third-order valence-corrected chi connectivity index (χ3v) is 7.00. The number of ether oxygens (including phenoxy) is 1. The fourth-order valence-electron chi connectivity index (χ4n) is 5.14. The lowest BCUT2D eigenvalue weighted by Crippen LogP contribution is -2.49. The molecule has 0 bridgehead atoms. The minimum Gasteiger partial charge on any atom is -0.379 e. The molecule has 2 fully saturated rings. The Morgan fingerprint density at radius 2 is 1.83 bits per heavy atom. The molecule has 2 aliphatic rings. The lowest BCUT2D eigenvalue weighted by Gasteiger charge is -2.40. The first-order valence-electron chi connectivity index (χ1n) is 12.5. The maximum atomic E-state index is 13.1. The first-order chi connectivity index (χ1) is 17.3. The van der Waals surface area contributed by atoms with Gasteiger partial charge in [-0.1, -0.05) is 12.1 Å². The summed E-state index contributed by atoms with van der Waals surface area (Å²) in [6.07, 6.45) is -0.772. The van der Waals surface area contributed by atoms with E-state index in [1.807, 2.05) is 0 Å². The van der Waals surface area contributed by atoms with Crippen LogP contribution >= 0.6 is 0 Å². The summed E-state index contributed by atoms with van der Waals surface area (Å²) in [5, 5.41) is 3.18. The highest BCUT2D eigenvalue weighted by atomic mass is 19.4. The van der Waals surface area contributed by atoms with E-state index in [0.717, 1.165) is 76.0 Å². The molecule has 3 aromatic rings. The second kappa shape index (κ2) is 10.2. The maximum Gasteiger partial charge on any atom is 0.416 e. The Bertz CT molecular complexity index is 1180. The average Bonchev–Trinajstić information content (AvgIpc) is 3.28. The topological polar surface area (TPSA) is 71.3 Å². The van der Waals surface area contributed by atoms with Crippen molar-refractivity contribution in [3.8, 4) is 0 Å². The lowest BCUT2D eigenvalue weighted by atomic mass is 10.0. The van der Waals surface area contributed by atoms with Crippen LogP contribution in [0.15, 0.2) is 30.6 Å². The zero-order chi connectivity index (χ0) is 25.3. The number of fused-ring (bicyclic) bond motifs is 1. The Kier molecular flexibility index (Phi) is 7.03. The van der Waals surface area contributed by atoms with Gasteiger partial charge in [0.25, 0.3) is 0 Å². The standard InChI is InChI=1S/C25H32F3N7O/c1-17(2)35-23-21(32-24(35)34-8-6-20(7-9-34)33-10-12-36-13-11-33)22(30-16-31-23)29-15-18-4-3-5-19(14-18)25(26,27)28/h3-5,14,16-17,20H,6-13,15H2,1-2H3,(H,29,30,31). The molecule has 5 rings (SSSR count). The van der Waals surface area contributed by atoms with Gasteiger partial charge in [0.2, 0.25) is 5.95 Å². The minimum atomic E-state index is -4.38. The summed E-state index contributed by atoms with van der Waals surface area (Å²) < 4.78 is 46.9. The summed E-state index contributed by atoms with van der Waals surface area (Å²) in [6.45, 7) is 9.79. The Morgan fingerprint density at radius 3 is 2.53 bits per heavy atom. The van der Waals surface area contributed by atoms with Crippen LogP contribution in [0.25, 0.3) is 11.2 Å². The average molecular weight is 504 g/mol. The molecule has 0 spiro atoms. The van der Waals surface area contributed by atoms with Crippen LogP contribution in [0.5, 0.6) is 0 Å². The lowest BCUT2D eigenvalue weighted by molar-refractivity contribution is -0.137. The van der Waals surface area contributed by atoms with Crippen molar-refractivity contribution in [3.63, 3.8) is 0 Å². The SMILES string of the molecule is CC(C)n1c(N2CCC(N3CCOCC3)CC2)nc2c(NCc3cccc(C(F)(F)F)c3)ncnc21. The number of imidazole rings is 1. The summed E-state index contributed by atoms with van der Waals surface area (Å²) in [7, 11) is 0. The third-order valence-electron chi connectivity index (χ3n) is 7.00. The van der Waals surface area contributed by atoms with Gasteiger partial charge in [-0.2, -0.15) is 13.2 Å². The highest BCUT2D eigenvalue weighted by molar-refractivity contribution is 5.85. The van der Waals surface area contributed by atoms with Crippen LogP contribution in [0.2, 0.25) is 0 Å². The first-order valence-corrected chi connectivity index (χ1v) is 12.5. The summed E-state index contributed by atoms with van der Waals surface area (Å²) in [6, 6.07) is 6.01. The predicted molar refractivity (Wildman–Crippen MR) is 132 cm³/mol. The molecule has 0 unspecified atom stereocenters. The predicted octanol–water partition coefficient (Wildman–Crippen LogP) is 4.34. The molecule has 194 valence electrons. The fourth-order valence-corrected chi connectivity index (χ4v) is 5.14. The van der Waals surface area contributed by atoms with Crippen molar-refractivity contribution in [2.45, 2.75) is 51.5 Å². The van der Waals surface area contributed by atoms with E-state index in [9.17, 15) is 13.2 Å². The number of piperidine rings is 1. The van der Waals surface area contributed by atoms with E-state index in [1.54, 1.807) is 6.07 Å². The van der Waals surface area contributed by atoms with Crippen molar-refractivity contribution in [2.75, 3.05) is 49.6 Å². The van der Waals surface area contributed by atoms with Crippen molar-refractivity contribution in [1.29, 1.82) is 0 Å². The monoisotopic (exact) mass is 503 g/mol. The van der Waals surface area contributed by atoms with E-state index in [-0.39, 0.29) is 12.6 Å². The van der Waals surface area contributed by atoms with Gasteiger partial charge in [0.15, 0.2) is 17.0 Å². The van der Waals surface area contributed by atoms with E-state index in [1.165, 1.54) is 12.4 Å². The molecule has 0 amide bonds. The summed E-state index contributed by atoms with van der Waals surface area (Å²) >= 11 is 0. The number of alkyl halides is 3. The van der Waals surface area contributed by atoms with Crippen molar-refractivity contribution in [3.05, 3.63) is 41.7 Å². The summed E-state index contributed by atoms with van der Waals surface area (Å²) in [5.74, 6) is 1.38. The number of rotatable bonds is 6. The maximum absolute atomic E-state index is 13.1. The van der Waals surface area contributed by atoms with Gasteiger partial charge < -0.3 is 15.0 Å². The number of aromatic nitrogens is 4. The second-order valence-electron chi connectivity index (χ2n) is 9.69. The Hall–Kier alpha value is -2.92. The molecule has 2 aliphatic heterocycles. The molecular weight excluding hydrogens is 471 g/mol. The van der Waals surface area contributed by atoms with Gasteiger partial charge in [0.1, 0.15) is 6.33 Å². The van der Waals surface area contributed by atoms with Crippen molar-refractivity contribution in [2.24, 2.45) is 0 Å². The van der Waals surface area contributed by atoms with Crippen molar-refractivity contribution < 1.29 is 17.9 Å². The molecule has 0 saturated carbocycles. The number of nitrogens with zero attached hydrogens (tertiary/aromatic N) is 6. The number of anilines is 2. The van der Waals surface area contributed by atoms with Crippen molar-refractivity contribution in [1.82, 2.24) is 24.4 Å². The van der Waals surface area contributed by atoms with Gasteiger partial charge >= 0.3 is 6.18 Å². The molecule has 0 aliphatic carbocycles. The number of morpholine rings is 1. The summed E-state index contributed by atoms with van der Waals surface area (Å²) in [5.41, 5.74) is 1.20. The van der Waals surface area contributed by atoms with Gasteiger partial charge in [0, 0.05) is 44.8 Å². The molecule has 1 N–H and O–H groups in total. The zero-order valence-corrected chi connectivity index (χ0v) is 20.6. The van der Waals surface area contributed by atoms with Crippen LogP contribution in [0, 0.1) is 0 Å². The molecule has 0 radical (unpaired) electrons. The van der Waals surface area contributed by atoms with Crippen LogP contribution in [0.4, 0.5) is 24.9 Å². The van der Waals surface area contributed by atoms with E-state index in [2.05, 4.69) is 43.5 Å². The Labute approximate surface area is 208 Å². The smallest absolute Gasteiger partial charge is 0.379 e.